The predicted octanol–water partition coefficient (Wildman–Crippen LogP) is 4.06. The summed E-state index contributed by atoms with van der Waals surface area (Å²) in [6.07, 6.45) is 0.892. The van der Waals surface area contributed by atoms with E-state index in [1.54, 1.807) is 11.3 Å². The molecular weight excluding hydrogens is 282 g/mol. The van der Waals surface area contributed by atoms with E-state index in [1.807, 2.05) is 0 Å². The van der Waals surface area contributed by atoms with Gasteiger partial charge in [-0.25, -0.2) is 0 Å². The van der Waals surface area contributed by atoms with Crippen LogP contribution in [-0.4, -0.2) is 0 Å². The van der Waals surface area contributed by atoms with E-state index in [4.69, 9.17) is 5.73 Å². The Bertz CT molecular complexity index is 461. The Balaban J connectivity index is 2.07. The van der Waals surface area contributed by atoms with Crippen molar-refractivity contribution in [2.24, 2.45) is 5.73 Å². The van der Waals surface area contributed by atoms with E-state index in [2.05, 4.69) is 58.6 Å². The van der Waals surface area contributed by atoms with Crippen LogP contribution in [0.1, 0.15) is 22.0 Å². The topological polar surface area (TPSA) is 26.0 Å². The van der Waals surface area contributed by atoms with Gasteiger partial charge in [0.1, 0.15) is 0 Å². The SMILES string of the molecule is Cc1cc(C(N)Cc2ccc(Br)cc2)cs1. The second-order valence-corrected chi connectivity index (χ2v) is 5.96. The van der Waals surface area contributed by atoms with Gasteiger partial charge in [-0.1, -0.05) is 28.1 Å². The van der Waals surface area contributed by atoms with Gasteiger partial charge in [0.05, 0.1) is 0 Å². The number of benzene rings is 1. The molecule has 1 heterocycles. The van der Waals surface area contributed by atoms with Crippen LogP contribution in [0.15, 0.2) is 40.2 Å². The van der Waals surface area contributed by atoms with Crippen molar-refractivity contribution in [2.45, 2.75) is 19.4 Å². The molecule has 0 aliphatic rings. The molecule has 0 spiro atoms. The highest BCUT2D eigenvalue weighted by atomic mass is 79.9. The molecule has 3 heteroatoms. The lowest BCUT2D eigenvalue weighted by Crippen LogP contribution is -2.12. The van der Waals surface area contributed by atoms with E-state index in [1.165, 1.54) is 16.0 Å². The zero-order chi connectivity index (χ0) is 11.5. The minimum atomic E-state index is 0.103. The highest BCUT2D eigenvalue weighted by Crippen LogP contribution is 2.22. The molecule has 0 saturated heterocycles. The molecule has 2 N–H and O–H groups in total. The van der Waals surface area contributed by atoms with Gasteiger partial charge in [-0.2, -0.15) is 0 Å². The third-order valence-corrected chi connectivity index (χ3v) is 3.96. The number of aryl methyl sites for hydroxylation is 1. The second-order valence-electron chi connectivity index (χ2n) is 3.93. The lowest BCUT2D eigenvalue weighted by molar-refractivity contribution is 0.724. The summed E-state index contributed by atoms with van der Waals surface area (Å²) >= 11 is 5.19. The van der Waals surface area contributed by atoms with Crippen LogP contribution < -0.4 is 5.73 Å². The molecule has 2 aromatic rings. The van der Waals surface area contributed by atoms with Crippen molar-refractivity contribution in [3.8, 4) is 0 Å². The normalized spacial score (nSPS) is 12.7. The first-order valence-electron chi connectivity index (χ1n) is 5.20. The van der Waals surface area contributed by atoms with Gasteiger partial charge in [-0.3, -0.25) is 0 Å². The maximum absolute atomic E-state index is 6.17. The average molecular weight is 296 g/mol. The predicted molar refractivity (Wildman–Crippen MR) is 73.8 cm³/mol. The first kappa shape index (κ1) is 11.8. The molecule has 0 aliphatic carbocycles. The Morgan fingerprint density at radius 3 is 2.56 bits per heavy atom. The van der Waals surface area contributed by atoms with Crippen molar-refractivity contribution in [3.05, 3.63) is 56.2 Å². The van der Waals surface area contributed by atoms with E-state index in [0.717, 1.165) is 10.9 Å². The van der Waals surface area contributed by atoms with Crippen LogP contribution in [0.25, 0.3) is 0 Å². The highest BCUT2D eigenvalue weighted by molar-refractivity contribution is 9.10. The van der Waals surface area contributed by atoms with Crippen LogP contribution in [0, 0.1) is 6.92 Å². The monoisotopic (exact) mass is 295 g/mol. The Morgan fingerprint density at radius 1 is 1.31 bits per heavy atom. The average Bonchev–Trinajstić information content (AvgIpc) is 2.68. The van der Waals surface area contributed by atoms with E-state index in [9.17, 15) is 0 Å². The molecule has 2 rings (SSSR count). The van der Waals surface area contributed by atoms with Crippen LogP contribution in [0.2, 0.25) is 0 Å². The number of hydrogen-bond acceptors (Lipinski definition) is 2. The van der Waals surface area contributed by atoms with Crippen molar-refractivity contribution in [2.75, 3.05) is 0 Å². The van der Waals surface area contributed by atoms with Gasteiger partial charge in [-0.05, 0) is 48.1 Å². The van der Waals surface area contributed by atoms with E-state index < -0.39 is 0 Å². The summed E-state index contributed by atoms with van der Waals surface area (Å²) in [5.41, 5.74) is 8.69. The number of halogens is 1. The molecule has 16 heavy (non-hydrogen) atoms. The molecule has 0 aliphatic heterocycles. The Hall–Kier alpha value is -0.640. The minimum absolute atomic E-state index is 0.103. The summed E-state index contributed by atoms with van der Waals surface area (Å²) < 4.78 is 1.11. The van der Waals surface area contributed by atoms with Crippen LogP contribution >= 0.6 is 27.3 Å². The smallest absolute Gasteiger partial charge is 0.0344 e. The standard InChI is InChI=1S/C13H14BrNS/c1-9-6-11(8-16-9)13(15)7-10-2-4-12(14)5-3-10/h2-6,8,13H,7,15H2,1H3. The summed E-state index contributed by atoms with van der Waals surface area (Å²) in [4.78, 5) is 1.32. The lowest BCUT2D eigenvalue weighted by atomic mass is 10.0. The zero-order valence-electron chi connectivity index (χ0n) is 9.11. The van der Waals surface area contributed by atoms with Gasteiger partial charge >= 0.3 is 0 Å². The van der Waals surface area contributed by atoms with E-state index in [0.29, 0.717) is 0 Å². The van der Waals surface area contributed by atoms with Crippen molar-refractivity contribution in [1.82, 2.24) is 0 Å². The minimum Gasteiger partial charge on any atom is -0.324 e. The van der Waals surface area contributed by atoms with Crippen LogP contribution in [0.5, 0.6) is 0 Å². The third kappa shape index (κ3) is 2.94. The first-order valence-corrected chi connectivity index (χ1v) is 6.87. The van der Waals surface area contributed by atoms with Gasteiger partial charge in [0.15, 0.2) is 0 Å². The quantitative estimate of drug-likeness (QED) is 0.908. The molecule has 0 bridgehead atoms. The van der Waals surface area contributed by atoms with Crippen molar-refractivity contribution in [3.63, 3.8) is 0 Å². The molecule has 1 aromatic carbocycles. The highest BCUT2D eigenvalue weighted by Gasteiger charge is 2.08. The van der Waals surface area contributed by atoms with Crippen molar-refractivity contribution >= 4 is 27.3 Å². The summed E-state index contributed by atoms with van der Waals surface area (Å²) in [7, 11) is 0. The first-order chi connectivity index (χ1) is 7.65. The summed E-state index contributed by atoms with van der Waals surface area (Å²) in [6.45, 7) is 2.11. The molecule has 0 amide bonds. The molecule has 1 atom stereocenters. The summed E-state index contributed by atoms with van der Waals surface area (Å²) in [6, 6.07) is 10.6. The van der Waals surface area contributed by atoms with Gasteiger partial charge in [0.25, 0.3) is 0 Å². The molecular formula is C13H14BrNS. The fourth-order valence-electron chi connectivity index (χ4n) is 1.65. The molecule has 0 fully saturated rings. The van der Waals surface area contributed by atoms with Crippen LogP contribution in [-0.2, 0) is 6.42 Å². The summed E-state index contributed by atoms with van der Waals surface area (Å²) in [5.74, 6) is 0. The molecule has 0 radical (unpaired) electrons. The maximum atomic E-state index is 6.17. The van der Waals surface area contributed by atoms with E-state index in [-0.39, 0.29) is 6.04 Å². The Kier molecular flexibility index (Phi) is 3.79. The summed E-state index contributed by atoms with van der Waals surface area (Å²) in [5, 5.41) is 2.15. The molecule has 0 saturated carbocycles. The Morgan fingerprint density at radius 2 is 2.00 bits per heavy atom. The van der Waals surface area contributed by atoms with Gasteiger partial charge < -0.3 is 5.73 Å². The number of thiophene rings is 1. The van der Waals surface area contributed by atoms with Gasteiger partial charge in [-0.15, -0.1) is 11.3 Å². The van der Waals surface area contributed by atoms with Crippen LogP contribution in [0.4, 0.5) is 0 Å². The second kappa shape index (κ2) is 5.13. The largest absolute Gasteiger partial charge is 0.324 e. The fraction of sp³-hybridized carbons (Fsp3) is 0.231. The lowest BCUT2D eigenvalue weighted by Gasteiger charge is -2.09. The van der Waals surface area contributed by atoms with Crippen molar-refractivity contribution < 1.29 is 0 Å². The Labute approximate surface area is 108 Å². The molecule has 84 valence electrons. The number of nitrogens with two attached hydrogens (primary N) is 1. The fourth-order valence-corrected chi connectivity index (χ4v) is 2.68. The van der Waals surface area contributed by atoms with Crippen molar-refractivity contribution in [1.29, 1.82) is 0 Å². The third-order valence-electron chi connectivity index (χ3n) is 2.55. The molecule has 1 aromatic heterocycles. The molecule has 1 unspecified atom stereocenters. The molecule has 1 nitrogen and oxygen atoms in total. The van der Waals surface area contributed by atoms with E-state index >= 15 is 0 Å². The zero-order valence-corrected chi connectivity index (χ0v) is 11.5. The van der Waals surface area contributed by atoms with Crippen LogP contribution in [0.3, 0.4) is 0 Å². The number of hydrogen-bond donors (Lipinski definition) is 1. The maximum Gasteiger partial charge on any atom is 0.0344 e. The number of rotatable bonds is 3. The van der Waals surface area contributed by atoms with Gasteiger partial charge in [0.2, 0.25) is 0 Å². The van der Waals surface area contributed by atoms with Gasteiger partial charge in [0, 0.05) is 15.4 Å².